The Morgan fingerprint density at radius 3 is 2.81 bits per heavy atom. The van der Waals surface area contributed by atoms with Crippen LogP contribution in [0.15, 0.2) is 18.2 Å². The van der Waals surface area contributed by atoms with Crippen molar-refractivity contribution < 1.29 is 4.79 Å². The van der Waals surface area contributed by atoms with Gasteiger partial charge in [0.25, 0.3) is 0 Å². The highest BCUT2D eigenvalue weighted by atomic mass is 35.5. The topological polar surface area (TPSA) is 35.6 Å². The van der Waals surface area contributed by atoms with Gasteiger partial charge in [0.2, 0.25) is 5.91 Å². The molecule has 0 spiro atoms. The summed E-state index contributed by atoms with van der Waals surface area (Å²) in [5.41, 5.74) is 1.70. The van der Waals surface area contributed by atoms with Gasteiger partial charge in [0.05, 0.1) is 10.7 Å². The zero-order chi connectivity index (χ0) is 15.4. The van der Waals surface area contributed by atoms with E-state index in [9.17, 15) is 4.79 Å². The van der Waals surface area contributed by atoms with Crippen LogP contribution in [-0.2, 0) is 4.79 Å². The van der Waals surface area contributed by atoms with Crippen LogP contribution in [0.25, 0.3) is 0 Å². The molecule has 1 aliphatic rings. The molecular formula is C16H24ClN3O. The molecule has 1 heterocycles. The summed E-state index contributed by atoms with van der Waals surface area (Å²) in [5.74, 6) is 0.0578. The predicted octanol–water partition coefficient (Wildman–Crippen LogP) is 3.22. The van der Waals surface area contributed by atoms with E-state index in [4.69, 9.17) is 11.6 Å². The van der Waals surface area contributed by atoms with Gasteiger partial charge < -0.3 is 15.1 Å². The van der Waals surface area contributed by atoms with Gasteiger partial charge in [-0.05, 0) is 44.6 Å². The first kappa shape index (κ1) is 16.1. The second-order valence-electron chi connectivity index (χ2n) is 5.94. The van der Waals surface area contributed by atoms with Gasteiger partial charge >= 0.3 is 0 Å². The Morgan fingerprint density at radius 1 is 1.43 bits per heavy atom. The van der Waals surface area contributed by atoms with Crippen molar-refractivity contribution in [2.75, 3.05) is 37.9 Å². The number of carbonyl (C=O) groups is 1. The first-order valence-electron chi connectivity index (χ1n) is 7.44. The third-order valence-corrected chi connectivity index (χ3v) is 4.36. The van der Waals surface area contributed by atoms with E-state index < -0.39 is 0 Å². The van der Waals surface area contributed by atoms with Crippen LogP contribution < -0.4 is 10.2 Å². The summed E-state index contributed by atoms with van der Waals surface area (Å²) in [4.78, 5) is 16.4. The molecule has 0 aromatic heterocycles. The van der Waals surface area contributed by atoms with Crippen LogP contribution in [0.5, 0.6) is 0 Å². The van der Waals surface area contributed by atoms with Gasteiger partial charge in [-0.3, -0.25) is 4.79 Å². The molecule has 4 nitrogen and oxygen atoms in total. The fourth-order valence-electron chi connectivity index (χ4n) is 2.78. The minimum absolute atomic E-state index is 0.0578. The van der Waals surface area contributed by atoms with Crippen LogP contribution in [0.4, 0.5) is 11.4 Å². The molecule has 0 aliphatic carbocycles. The number of halogens is 1. The molecule has 2 rings (SSSR count). The molecular weight excluding hydrogens is 286 g/mol. The minimum atomic E-state index is 0.0578. The maximum atomic E-state index is 12.2. The smallest absolute Gasteiger partial charge is 0.225 e. The molecule has 1 fully saturated rings. The molecule has 1 aliphatic heterocycles. The Labute approximate surface area is 132 Å². The molecule has 1 saturated heterocycles. The van der Waals surface area contributed by atoms with Gasteiger partial charge in [0.15, 0.2) is 0 Å². The number of hydrogen-bond acceptors (Lipinski definition) is 3. The van der Waals surface area contributed by atoms with Gasteiger partial charge in [-0.2, -0.15) is 0 Å². The van der Waals surface area contributed by atoms with Crippen molar-refractivity contribution >= 4 is 28.9 Å². The van der Waals surface area contributed by atoms with Crippen LogP contribution in [0.3, 0.4) is 0 Å². The Hall–Kier alpha value is -1.26. The monoisotopic (exact) mass is 309 g/mol. The summed E-state index contributed by atoms with van der Waals surface area (Å²) >= 11 is 6.22. The molecule has 0 radical (unpaired) electrons. The fraction of sp³-hybridized carbons (Fsp3) is 0.562. The molecule has 0 saturated carbocycles. The van der Waals surface area contributed by atoms with E-state index in [1.165, 1.54) is 12.8 Å². The largest absolute Gasteiger partial charge is 0.376 e. The molecule has 1 aromatic rings. The number of carbonyl (C=O) groups excluding carboxylic acids is 1. The zero-order valence-electron chi connectivity index (χ0n) is 13.0. The quantitative estimate of drug-likeness (QED) is 0.927. The van der Waals surface area contributed by atoms with Crippen molar-refractivity contribution in [3.05, 3.63) is 23.2 Å². The second kappa shape index (κ2) is 7.14. The maximum absolute atomic E-state index is 12.2. The third-order valence-electron chi connectivity index (χ3n) is 4.06. The summed E-state index contributed by atoms with van der Waals surface area (Å²) in [6.45, 7) is 1.08. The Balaban J connectivity index is 1.94. The number of likely N-dealkylation sites (tertiary alicyclic amines) is 1. The number of anilines is 2. The number of nitrogens with one attached hydrogen (secondary N) is 1. The van der Waals surface area contributed by atoms with Gasteiger partial charge in [-0.25, -0.2) is 0 Å². The van der Waals surface area contributed by atoms with E-state index >= 15 is 0 Å². The van der Waals surface area contributed by atoms with E-state index in [0.717, 1.165) is 24.3 Å². The molecule has 0 bridgehead atoms. The lowest BCUT2D eigenvalue weighted by Gasteiger charge is -2.31. The molecule has 116 valence electrons. The summed E-state index contributed by atoms with van der Waals surface area (Å²) in [5, 5.41) is 3.59. The van der Waals surface area contributed by atoms with E-state index in [-0.39, 0.29) is 5.91 Å². The zero-order valence-corrected chi connectivity index (χ0v) is 13.8. The molecule has 5 heteroatoms. The highest BCUT2D eigenvalue weighted by Crippen LogP contribution is 2.27. The number of rotatable bonds is 4. The van der Waals surface area contributed by atoms with Crippen LogP contribution in [0.2, 0.25) is 5.02 Å². The summed E-state index contributed by atoms with van der Waals surface area (Å²) < 4.78 is 0. The van der Waals surface area contributed by atoms with Gasteiger partial charge in [0.1, 0.15) is 0 Å². The number of amides is 1. The van der Waals surface area contributed by atoms with Crippen molar-refractivity contribution in [2.24, 2.45) is 0 Å². The third kappa shape index (κ3) is 4.35. The molecule has 1 atom stereocenters. The van der Waals surface area contributed by atoms with Crippen molar-refractivity contribution in [3.63, 3.8) is 0 Å². The SMILES string of the molecule is CN(C)c1ccc(NC(=O)CC2CCCCN2C)cc1Cl. The Kier molecular flexibility index (Phi) is 5.48. The van der Waals surface area contributed by atoms with Crippen LogP contribution in [0, 0.1) is 0 Å². The van der Waals surface area contributed by atoms with E-state index in [0.29, 0.717) is 17.5 Å². The second-order valence-corrected chi connectivity index (χ2v) is 6.35. The van der Waals surface area contributed by atoms with Crippen LogP contribution in [-0.4, -0.2) is 44.5 Å². The lowest BCUT2D eigenvalue weighted by atomic mass is 10.00. The van der Waals surface area contributed by atoms with E-state index in [2.05, 4.69) is 17.3 Å². The van der Waals surface area contributed by atoms with Gasteiger partial charge in [0, 0.05) is 32.2 Å². The van der Waals surface area contributed by atoms with Crippen molar-refractivity contribution in [1.82, 2.24) is 4.90 Å². The lowest BCUT2D eigenvalue weighted by Crippen LogP contribution is -2.38. The minimum Gasteiger partial charge on any atom is -0.376 e. The van der Waals surface area contributed by atoms with Crippen LogP contribution >= 0.6 is 11.6 Å². The molecule has 1 unspecified atom stereocenters. The predicted molar refractivity (Wildman–Crippen MR) is 89.3 cm³/mol. The number of nitrogens with zero attached hydrogens (tertiary/aromatic N) is 2. The summed E-state index contributed by atoms with van der Waals surface area (Å²) in [7, 11) is 5.98. The molecule has 21 heavy (non-hydrogen) atoms. The highest BCUT2D eigenvalue weighted by Gasteiger charge is 2.21. The molecule has 1 amide bonds. The first-order valence-corrected chi connectivity index (χ1v) is 7.82. The average Bonchev–Trinajstić information content (AvgIpc) is 2.41. The maximum Gasteiger partial charge on any atom is 0.225 e. The van der Waals surface area contributed by atoms with Crippen molar-refractivity contribution in [2.45, 2.75) is 31.7 Å². The standard InChI is InChI=1S/C16H24ClN3O/c1-19(2)15-8-7-12(10-14(15)17)18-16(21)11-13-6-4-5-9-20(13)3/h7-8,10,13H,4-6,9,11H2,1-3H3,(H,18,21). The van der Waals surface area contributed by atoms with Crippen molar-refractivity contribution in [1.29, 1.82) is 0 Å². The molecule has 1 aromatic carbocycles. The summed E-state index contributed by atoms with van der Waals surface area (Å²) in [6.07, 6.45) is 4.09. The highest BCUT2D eigenvalue weighted by molar-refractivity contribution is 6.33. The van der Waals surface area contributed by atoms with Gasteiger partial charge in [-0.1, -0.05) is 18.0 Å². The fourth-order valence-corrected chi connectivity index (χ4v) is 3.12. The normalized spacial score (nSPS) is 19.3. The van der Waals surface area contributed by atoms with Crippen LogP contribution in [0.1, 0.15) is 25.7 Å². The number of hydrogen-bond donors (Lipinski definition) is 1. The first-order chi connectivity index (χ1) is 9.97. The van der Waals surface area contributed by atoms with Crippen molar-refractivity contribution in [3.8, 4) is 0 Å². The molecule has 1 N–H and O–H groups in total. The summed E-state index contributed by atoms with van der Waals surface area (Å²) in [6, 6.07) is 5.98. The number of benzene rings is 1. The Bertz CT molecular complexity index is 504. The number of piperidine rings is 1. The van der Waals surface area contributed by atoms with Gasteiger partial charge in [-0.15, -0.1) is 0 Å². The van der Waals surface area contributed by atoms with E-state index in [1.54, 1.807) is 6.07 Å². The lowest BCUT2D eigenvalue weighted by molar-refractivity contribution is -0.117. The Morgan fingerprint density at radius 2 is 2.19 bits per heavy atom. The average molecular weight is 310 g/mol. The van der Waals surface area contributed by atoms with E-state index in [1.807, 2.05) is 31.1 Å².